The highest BCUT2D eigenvalue weighted by Crippen LogP contribution is 2.50. The molecule has 0 amide bonds. The third-order valence-corrected chi connectivity index (χ3v) is 7.09. The van der Waals surface area contributed by atoms with Crippen molar-refractivity contribution in [2.75, 3.05) is 19.8 Å². The van der Waals surface area contributed by atoms with Crippen molar-refractivity contribution in [2.45, 2.75) is 64.2 Å². The molecule has 1 aromatic carbocycles. The number of rotatable bonds is 10. The summed E-state index contributed by atoms with van der Waals surface area (Å²) in [5, 5.41) is 9.38. The van der Waals surface area contributed by atoms with Crippen LogP contribution in [0.2, 0.25) is 0 Å². The van der Waals surface area contributed by atoms with Crippen molar-refractivity contribution in [3.8, 4) is 23.8 Å². The molecule has 0 fully saturated rings. The molecule has 4 rings (SSSR count). The molecule has 7 heteroatoms. The standard InChI is InChI=1S/C30H33NO6/c1-4-9-19-17-20(18-25(36-6-3)30(19)37-16-5-2)27-28-21(10-7-12-23(28)32)31(15-14-26(34)35)22-11-8-13-24(33)29(22)27/h2,4,17-18,27H,1,6-16H2,3H3,(H,34,35). The summed E-state index contributed by atoms with van der Waals surface area (Å²) in [7, 11) is 0. The number of aliphatic carboxylic acids is 1. The number of Topliss-reactive ketones (excluding diaryl/α,β-unsaturated/α-hetero) is 2. The van der Waals surface area contributed by atoms with Crippen LogP contribution >= 0.6 is 0 Å². The second-order valence-electron chi connectivity index (χ2n) is 9.43. The van der Waals surface area contributed by atoms with E-state index in [2.05, 4.69) is 12.5 Å². The molecular formula is C30H33NO6. The number of benzene rings is 1. The van der Waals surface area contributed by atoms with Crippen molar-refractivity contribution in [1.82, 2.24) is 4.90 Å². The largest absolute Gasteiger partial charge is 0.490 e. The number of nitrogens with zero attached hydrogens (tertiary/aromatic N) is 1. The number of allylic oxidation sites excluding steroid dienone is 5. The van der Waals surface area contributed by atoms with E-state index in [-0.39, 0.29) is 31.1 Å². The summed E-state index contributed by atoms with van der Waals surface area (Å²) in [5.74, 6) is 2.11. The van der Waals surface area contributed by atoms with Crippen LogP contribution in [0.3, 0.4) is 0 Å². The van der Waals surface area contributed by atoms with Crippen LogP contribution in [0.5, 0.6) is 11.5 Å². The Labute approximate surface area is 217 Å². The second-order valence-corrected chi connectivity index (χ2v) is 9.43. The minimum atomic E-state index is -0.909. The Balaban J connectivity index is 1.95. The first kappa shape index (κ1) is 26.3. The Hall–Kier alpha value is -3.79. The average Bonchev–Trinajstić information content (AvgIpc) is 2.87. The molecule has 1 heterocycles. The lowest BCUT2D eigenvalue weighted by atomic mass is 9.70. The van der Waals surface area contributed by atoms with Crippen LogP contribution in [-0.4, -0.2) is 47.3 Å². The Morgan fingerprint density at radius 1 is 1.14 bits per heavy atom. The van der Waals surface area contributed by atoms with Gasteiger partial charge in [0.05, 0.1) is 13.0 Å². The van der Waals surface area contributed by atoms with Gasteiger partial charge in [0.15, 0.2) is 23.1 Å². The number of ketones is 2. The number of carbonyl (C=O) groups is 3. The van der Waals surface area contributed by atoms with E-state index >= 15 is 0 Å². The highest BCUT2D eigenvalue weighted by molar-refractivity contribution is 6.06. The average molecular weight is 504 g/mol. The van der Waals surface area contributed by atoms with E-state index in [1.807, 2.05) is 24.0 Å². The first-order valence-corrected chi connectivity index (χ1v) is 12.9. The molecule has 0 saturated carbocycles. The number of hydrogen-bond acceptors (Lipinski definition) is 6. The minimum Gasteiger partial charge on any atom is -0.490 e. The summed E-state index contributed by atoms with van der Waals surface area (Å²) in [6.45, 7) is 6.47. The maximum atomic E-state index is 13.5. The van der Waals surface area contributed by atoms with Crippen molar-refractivity contribution in [1.29, 1.82) is 0 Å². The minimum absolute atomic E-state index is 0.00684. The van der Waals surface area contributed by atoms with Crippen LogP contribution in [0.4, 0.5) is 0 Å². The van der Waals surface area contributed by atoms with Crippen molar-refractivity contribution in [3.05, 3.63) is 58.5 Å². The summed E-state index contributed by atoms with van der Waals surface area (Å²) in [6.07, 6.45) is 11.2. The highest BCUT2D eigenvalue weighted by Gasteiger charge is 2.43. The Bertz CT molecular complexity index is 1190. The molecule has 37 heavy (non-hydrogen) atoms. The van der Waals surface area contributed by atoms with Gasteiger partial charge in [0.25, 0.3) is 0 Å². The van der Waals surface area contributed by atoms with Crippen molar-refractivity contribution in [2.24, 2.45) is 0 Å². The van der Waals surface area contributed by atoms with E-state index in [0.29, 0.717) is 74.2 Å². The summed E-state index contributed by atoms with van der Waals surface area (Å²) in [5.41, 5.74) is 4.52. The zero-order valence-electron chi connectivity index (χ0n) is 21.3. The van der Waals surface area contributed by atoms with E-state index in [1.54, 1.807) is 6.08 Å². The molecule has 2 aliphatic carbocycles. The molecule has 7 nitrogen and oxygen atoms in total. The van der Waals surface area contributed by atoms with Gasteiger partial charge in [0.2, 0.25) is 0 Å². The van der Waals surface area contributed by atoms with E-state index in [9.17, 15) is 19.5 Å². The predicted octanol–water partition coefficient (Wildman–Crippen LogP) is 4.71. The number of terminal acetylenes is 1. The van der Waals surface area contributed by atoms with Gasteiger partial charge in [0, 0.05) is 53.4 Å². The quantitative estimate of drug-likeness (QED) is 0.365. The Kier molecular flexibility index (Phi) is 8.17. The molecule has 0 unspecified atom stereocenters. The zero-order valence-corrected chi connectivity index (χ0v) is 21.3. The van der Waals surface area contributed by atoms with Gasteiger partial charge in [-0.05, 0) is 50.7 Å². The van der Waals surface area contributed by atoms with Crippen LogP contribution in [0.1, 0.15) is 68.9 Å². The summed E-state index contributed by atoms with van der Waals surface area (Å²) >= 11 is 0. The normalized spacial score (nSPS) is 17.8. The summed E-state index contributed by atoms with van der Waals surface area (Å²) in [4.78, 5) is 40.4. The zero-order chi connectivity index (χ0) is 26.5. The summed E-state index contributed by atoms with van der Waals surface area (Å²) in [6, 6.07) is 3.82. The molecule has 0 saturated heterocycles. The van der Waals surface area contributed by atoms with Gasteiger partial charge in [-0.2, -0.15) is 0 Å². The number of ether oxygens (including phenoxy) is 2. The molecule has 0 aromatic heterocycles. The van der Waals surface area contributed by atoms with E-state index in [4.69, 9.17) is 15.9 Å². The second kappa shape index (κ2) is 11.5. The van der Waals surface area contributed by atoms with Gasteiger partial charge in [-0.15, -0.1) is 13.0 Å². The van der Waals surface area contributed by atoms with Gasteiger partial charge in [0.1, 0.15) is 6.61 Å². The fraction of sp³-hybridized carbons (Fsp3) is 0.433. The van der Waals surface area contributed by atoms with Crippen LogP contribution < -0.4 is 9.47 Å². The van der Waals surface area contributed by atoms with Crippen LogP contribution in [0, 0.1) is 12.3 Å². The van der Waals surface area contributed by atoms with Crippen LogP contribution in [0.25, 0.3) is 0 Å². The van der Waals surface area contributed by atoms with Gasteiger partial charge in [-0.3, -0.25) is 14.4 Å². The third kappa shape index (κ3) is 5.20. The lowest BCUT2D eigenvalue weighted by molar-refractivity contribution is -0.137. The van der Waals surface area contributed by atoms with Gasteiger partial charge < -0.3 is 19.5 Å². The molecule has 1 aliphatic heterocycles. The maximum absolute atomic E-state index is 13.5. The van der Waals surface area contributed by atoms with E-state index in [1.165, 1.54) is 0 Å². The summed E-state index contributed by atoms with van der Waals surface area (Å²) < 4.78 is 11.8. The van der Waals surface area contributed by atoms with Crippen molar-refractivity contribution in [3.63, 3.8) is 0 Å². The van der Waals surface area contributed by atoms with Gasteiger partial charge in [-0.25, -0.2) is 0 Å². The monoisotopic (exact) mass is 503 g/mol. The van der Waals surface area contributed by atoms with Crippen LogP contribution in [0.15, 0.2) is 47.3 Å². The first-order chi connectivity index (χ1) is 17.9. The lowest BCUT2D eigenvalue weighted by Gasteiger charge is -2.44. The van der Waals surface area contributed by atoms with Gasteiger partial charge in [-0.1, -0.05) is 18.1 Å². The molecule has 0 radical (unpaired) electrons. The van der Waals surface area contributed by atoms with Crippen LogP contribution in [-0.2, 0) is 20.8 Å². The Morgan fingerprint density at radius 3 is 2.32 bits per heavy atom. The molecule has 0 spiro atoms. The van der Waals surface area contributed by atoms with E-state index < -0.39 is 11.9 Å². The molecular weight excluding hydrogens is 470 g/mol. The fourth-order valence-electron chi connectivity index (χ4n) is 5.72. The molecule has 1 aromatic rings. The fourth-order valence-corrected chi connectivity index (χ4v) is 5.72. The SMILES string of the molecule is C#CCOc1c(CC=C)cc(C2C3=C(CCCC3=O)N(CCC(=O)O)C3=C2C(=O)CCC3)cc1OCC. The number of carboxylic acid groups (broad SMARTS) is 1. The maximum Gasteiger partial charge on any atom is 0.305 e. The van der Waals surface area contributed by atoms with Gasteiger partial charge >= 0.3 is 5.97 Å². The third-order valence-electron chi connectivity index (χ3n) is 7.09. The molecule has 0 bridgehead atoms. The molecule has 194 valence electrons. The van der Waals surface area contributed by atoms with E-state index in [0.717, 1.165) is 22.5 Å². The Morgan fingerprint density at radius 2 is 1.78 bits per heavy atom. The number of carbonyl (C=O) groups excluding carboxylic acids is 2. The predicted molar refractivity (Wildman–Crippen MR) is 139 cm³/mol. The van der Waals surface area contributed by atoms with Crippen molar-refractivity contribution < 1.29 is 29.0 Å². The van der Waals surface area contributed by atoms with Crippen molar-refractivity contribution >= 4 is 17.5 Å². The number of carboxylic acids is 1. The topological polar surface area (TPSA) is 93.1 Å². The molecule has 3 aliphatic rings. The first-order valence-electron chi connectivity index (χ1n) is 12.9. The smallest absolute Gasteiger partial charge is 0.305 e. The number of hydrogen-bond donors (Lipinski definition) is 1. The lowest BCUT2D eigenvalue weighted by Crippen LogP contribution is -2.40. The highest BCUT2D eigenvalue weighted by atomic mass is 16.5. The molecule has 0 atom stereocenters. The molecule has 1 N–H and O–H groups in total.